The molecule has 1 aliphatic heterocycles. The van der Waals surface area contributed by atoms with E-state index in [9.17, 15) is 5.11 Å². The van der Waals surface area contributed by atoms with E-state index in [2.05, 4.69) is 28.1 Å². The van der Waals surface area contributed by atoms with Crippen LogP contribution in [0.2, 0.25) is 0 Å². The van der Waals surface area contributed by atoms with Gasteiger partial charge in [-0.2, -0.15) is 0 Å². The fourth-order valence-electron chi connectivity index (χ4n) is 1.72. The smallest absolute Gasteiger partial charge is 0.0523 e. The molecule has 1 atom stereocenters. The van der Waals surface area contributed by atoms with E-state index in [0.29, 0.717) is 5.92 Å². The van der Waals surface area contributed by atoms with Crippen molar-refractivity contribution in [3.8, 4) is 0 Å². The standard InChI is InChI=1S/C11H13BrO2/c12-10-3-1-8(2-4-10)11(5-13)9-6-14-7-9/h1-4,9,11,13H,5-7H2. The molecule has 0 radical (unpaired) electrons. The summed E-state index contributed by atoms with van der Waals surface area (Å²) in [5.74, 6) is 0.720. The second kappa shape index (κ2) is 4.43. The van der Waals surface area contributed by atoms with Crippen LogP contribution in [0.4, 0.5) is 0 Å². The maximum absolute atomic E-state index is 9.32. The summed E-state index contributed by atoms with van der Waals surface area (Å²) >= 11 is 3.40. The average molecular weight is 257 g/mol. The van der Waals surface area contributed by atoms with Gasteiger partial charge in [-0.05, 0) is 17.7 Å². The van der Waals surface area contributed by atoms with E-state index < -0.39 is 0 Å². The zero-order chi connectivity index (χ0) is 9.97. The monoisotopic (exact) mass is 256 g/mol. The first-order chi connectivity index (χ1) is 6.81. The number of halogens is 1. The highest BCUT2D eigenvalue weighted by Crippen LogP contribution is 2.30. The van der Waals surface area contributed by atoms with Gasteiger partial charge < -0.3 is 9.84 Å². The molecule has 0 amide bonds. The SMILES string of the molecule is OCC(c1ccc(Br)cc1)C1COC1. The molecule has 1 aromatic rings. The van der Waals surface area contributed by atoms with Crippen molar-refractivity contribution >= 4 is 15.9 Å². The van der Waals surface area contributed by atoms with E-state index in [4.69, 9.17) is 4.74 Å². The molecule has 3 heteroatoms. The van der Waals surface area contributed by atoms with Gasteiger partial charge in [0.15, 0.2) is 0 Å². The zero-order valence-corrected chi connectivity index (χ0v) is 9.40. The van der Waals surface area contributed by atoms with Gasteiger partial charge in [-0.3, -0.25) is 0 Å². The number of rotatable bonds is 3. The molecule has 2 nitrogen and oxygen atoms in total. The molecule has 1 N–H and O–H groups in total. The minimum Gasteiger partial charge on any atom is -0.396 e. The fraction of sp³-hybridized carbons (Fsp3) is 0.455. The summed E-state index contributed by atoms with van der Waals surface area (Å²) in [4.78, 5) is 0. The second-order valence-corrected chi connectivity index (χ2v) is 4.55. The molecule has 1 heterocycles. The summed E-state index contributed by atoms with van der Waals surface area (Å²) in [5, 5.41) is 9.32. The molecule has 1 aliphatic rings. The van der Waals surface area contributed by atoms with Crippen molar-refractivity contribution in [3.63, 3.8) is 0 Å². The largest absolute Gasteiger partial charge is 0.396 e. The van der Waals surface area contributed by atoms with Crippen LogP contribution in [0.1, 0.15) is 11.5 Å². The lowest BCUT2D eigenvalue weighted by Crippen LogP contribution is -2.34. The lowest BCUT2D eigenvalue weighted by atomic mass is 9.85. The number of hydrogen-bond acceptors (Lipinski definition) is 2. The molecule has 1 saturated heterocycles. The van der Waals surface area contributed by atoms with Crippen molar-refractivity contribution < 1.29 is 9.84 Å². The van der Waals surface area contributed by atoms with Crippen molar-refractivity contribution in [2.75, 3.05) is 19.8 Å². The van der Waals surface area contributed by atoms with Gasteiger partial charge in [0.2, 0.25) is 0 Å². The summed E-state index contributed by atoms with van der Waals surface area (Å²) in [7, 11) is 0. The first-order valence-corrected chi connectivity index (χ1v) is 5.54. The van der Waals surface area contributed by atoms with E-state index in [1.165, 1.54) is 5.56 Å². The Balaban J connectivity index is 2.14. The predicted octanol–water partition coefficient (Wildman–Crippen LogP) is 2.17. The number of ether oxygens (including phenoxy) is 1. The van der Waals surface area contributed by atoms with Crippen LogP contribution in [0.5, 0.6) is 0 Å². The summed E-state index contributed by atoms with van der Waals surface area (Å²) in [5.41, 5.74) is 1.20. The van der Waals surface area contributed by atoms with Crippen LogP contribution in [0.15, 0.2) is 28.7 Å². The first kappa shape index (κ1) is 10.1. The van der Waals surface area contributed by atoms with Crippen molar-refractivity contribution in [3.05, 3.63) is 34.3 Å². The van der Waals surface area contributed by atoms with Crippen LogP contribution in [-0.4, -0.2) is 24.9 Å². The van der Waals surface area contributed by atoms with Gasteiger partial charge in [0, 0.05) is 16.3 Å². The van der Waals surface area contributed by atoms with Crippen LogP contribution in [0.25, 0.3) is 0 Å². The molecule has 0 aromatic heterocycles. The molecule has 14 heavy (non-hydrogen) atoms. The molecular weight excluding hydrogens is 244 g/mol. The number of aliphatic hydroxyl groups excluding tert-OH is 1. The quantitative estimate of drug-likeness (QED) is 0.899. The van der Waals surface area contributed by atoms with Crippen LogP contribution in [-0.2, 0) is 4.74 Å². The maximum Gasteiger partial charge on any atom is 0.0523 e. The Morgan fingerprint density at radius 2 is 2.00 bits per heavy atom. The van der Waals surface area contributed by atoms with Gasteiger partial charge in [-0.25, -0.2) is 0 Å². The van der Waals surface area contributed by atoms with Crippen molar-refractivity contribution in [2.24, 2.45) is 5.92 Å². The Hall–Kier alpha value is -0.380. The summed E-state index contributed by atoms with van der Waals surface area (Å²) in [6, 6.07) is 8.14. The second-order valence-electron chi connectivity index (χ2n) is 3.64. The van der Waals surface area contributed by atoms with Crippen molar-refractivity contribution in [1.29, 1.82) is 0 Å². The molecular formula is C11H13BrO2. The topological polar surface area (TPSA) is 29.5 Å². The van der Waals surface area contributed by atoms with Gasteiger partial charge in [-0.1, -0.05) is 28.1 Å². The third-order valence-corrected chi connectivity index (χ3v) is 3.26. The number of hydrogen-bond donors (Lipinski definition) is 1. The lowest BCUT2D eigenvalue weighted by Gasteiger charge is -2.32. The molecule has 1 aromatic carbocycles. The molecule has 0 bridgehead atoms. The first-order valence-electron chi connectivity index (χ1n) is 4.75. The minimum atomic E-state index is 0.204. The summed E-state index contributed by atoms with van der Waals surface area (Å²) in [6.45, 7) is 1.76. The number of aliphatic hydroxyl groups is 1. The van der Waals surface area contributed by atoms with E-state index in [-0.39, 0.29) is 12.5 Å². The van der Waals surface area contributed by atoms with Crippen molar-refractivity contribution in [1.82, 2.24) is 0 Å². The van der Waals surface area contributed by atoms with Crippen LogP contribution in [0.3, 0.4) is 0 Å². The Morgan fingerprint density at radius 3 is 2.43 bits per heavy atom. The van der Waals surface area contributed by atoms with Gasteiger partial charge in [0.05, 0.1) is 19.8 Å². The lowest BCUT2D eigenvalue weighted by molar-refractivity contribution is -0.0527. The minimum absolute atomic E-state index is 0.204. The third kappa shape index (κ3) is 2.00. The van der Waals surface area contributed by atoms with Gasteiger partial charge in [0.1, 0.15) is 0 Å². The Kier molecular flexibility index (Phi) is 3.21. The molecule has 1 fully saturated rings. The summed E-state index contributed by atoms with van der Waals surface area (Å²) in [6.07, 6.45) is 0. The number of benzene rings is 1. The van der Waals surface area contributed by atoms with Crippen LogP contribution >= 0.6 is 15.9 Å². The van der Waals surface area contributed by atoms with Gasteiger partial charge in [0.25, 0.3) is 0 Å². The van der Waals surface area contributed by atoms with Crippen LogP contribution in [0, 0.1) is 5.92 Å². The third-order valence-electron chi connectivity index (χ3n) is 2.73. The van der Waals surface area contributed by atoms with Gasteiger partial charge in [-0.15, -0.1) is 0 Å². The maximum atomic E-state index is 9.32. The Labute approximate surface area is 92.0 Å². The van der Waals surface area contributed by atoms with E-state index in [1.807, 2.05) is 12.1 Å². The highest BCUT2D eigenvalue weighted by atomic mass is 79.9. The molecule has 0 spiro atoms. The normalized spacial score (nSPS) is 19.0. The molecule has 2 rings (SSSR count). The van der Waals surface area contributed by atoms with Gasteiger partial charge >= 0.3 is 0 Å². The van der Waals surface area contributed by atoms with Crippen molar-refractivity contribution in [2.45, 2.75) is 5.92 Å². The molecule has 1 unspecified atom stereocenters. The summed E-state index contributed by atoms with van der Waals surface area (Å²) < 4.78 is 6.21. The highest BCUT2D eigenvalue weighted by molar-refractivity contribution is 9.10. The average Bonchev–Trinajstić information content (AvgIpc) is 2.13. The van der Waals surface area contributed by atoms with E-state index >= 15 is 0 Å². The molecule has 76 valence electrons. The highest BCUT2D eigenvalue weighted by Gasteiger charge is 2.28. The predicted molar refractivity (Wildman–Crippen MR) is 58.3 cm³/mol. The molecule has 0 saturated carbocycles. The zero-order valence-electron chi connectivity index (χ0n) is 7.82. The van der Waals surface area contributed by atoms with E-state index in [1.54, 1.807) is 0 Å². The molecule has 0 aliphatic carbocycles. The fourth-order valence-corrected chi connectivity index (χ4v) is 1.99. The van der Waals surface area contributed by atoms with E-state index in [0.717, 1.165) is 17.7 Å². The Morgan fingerprint density at radius 1 is 1.36 bits per heavy atom. The van der Waals surface area contributed by atoms with Crippen LogP contribution < -0.4 is 0 Å². The Bertz CT molecular complexity index is 293.